The summed E-state index contributed by atoms with van der Waals surface area (Å²) < 4.78 is 5.04. The first kappa shape index (κ1) is 16.9. The van der Waals surface area contributed by atoms with Crippen molar-refractivity contribution in [3.8, 4) is 0 Å². The van der Waals surface area contributed by atoms with Crippen LogP contribution in [0.3, 0.4) is 0 Å². The largest absolute Gasteiger partial charge is 0.450 e. The zero-order chi connectivity index (χ0) is 17.5. The maximum atomic E-state index is 11.8. The number of pyridine rings is 1. The minimum atomic E-state index is -0.246. The first-order valence-corrected chi connectivity index (χ1v) is 8.38. The number of hydrogen-bond acceptors (Lipinski definition) is 7. The van der Waals surface area contributed by atoms with Crippen LogP contribution in [0.4, 0.5) is 16.6 Å². The van der Waals surface area contributed by atoms with Crippen LogP contribution < -0.4 is 10.2 Å². The fraction of sp³-hybridized carbons (Fsp3) is 0.412. The van der Waals surface area contributed by atoms with Gasteiger partial charge >= 0.3 is 6.09 Å². The number of rotatable bonds is 5. The van der Waals surface area contributed by atoms with Crippen molar-refractivity contribution < 1.29 is 9.53 Å². The van der Waals surface area contributed by atoms with Gasteiger partial charge in [0.15, 0.2) is 0 Å². The van der Waals surface area contributed by atoms with Crippen LogP contribution in [-0.4, -0.2) is 58.7 Å². The second kappa shape index (κ2) is 8.27. The standard InChI is InChI=1S/C17H22N6O2/c1-2-25-17(24)23-11-9-22(10-12-23)15-5-8-19-16(21-15)20-13-14-3-6-18-7-4-14/h3-8H,2,9-13H2,1H3,(H,19,20,21). The van der Waals surface area contributed by atoms with E-state index < -0.39 is 0 Å². The molecule has 3 heterocycles. The second-order valence-electron chi connectivity index (χ2n) is 5.62. The highest BCUT2D eigenvalue weighted by molar-refractivity contribution is 5.68. The number of ether oxygens (including phenoxy) is 1. The Hall–Kier alpha value is -2.90. The van der Waals surface area contributed by atoms with Gasteiger partial charge in [-0.2, -0.15) is 4.98 Å². The highest BCUT2D eigenvalue weighted by Gasteiger charge is 2.22. The van der Waals surface area contributed by atoms with Crippen molar-refractivity contribution in [1.82, 2.24) is 19.9 Å². The lowest BCUT2D eigenvalue weighted by molar-refractivity contribution is 0.105. The predicted octanol–water partition coefficient (Wildman–Crippen LogP) is 1.76. The molecular weight excluding hydrogens is 320 g/mol. The van der Waals surface area contributed by atoms with Crippen molar-refractivity contribution in [2.45, 2.75) is 13.5 Å². The number of aromatic nitrogens is 3. The summed E-state index contributed by atoms with van der Waals surface area (Å²) in [7, 11) is 0. The zero-order valence-corrected chi connectivity index (χ0v) is 14.3. The summed E-state index contributed by atoms with van der Waals surface area (Å²) in [4.78, 5) is 28.5. The van der Waals surface area contributed by atoms with Crippen LogP contribution in [0.25, 0.3) is 0 Å². The maximum absolute atomic E-state index is 11.8. The average Bonchev–Trinajstić information content (AvgIpc) is 2.68. The molecule has 25 heavy (non-hydrogen) atoms. The maximum Gasteiger partial charge on any atom is 0.409 e. The molecule has 1 aliphatic heterocycles. The van der Waals surface area contributed by atoms with E-state index in [0.717, 1.165) is 24.5 Å². The van der Waals surface area contributed by atoms with Gasteiger partial charge in [0.2, 0.25) is 5.95 Å². The minimum Gasteiger partial charge on any atom is -0.450 e. The van der Waals surface area contributed by atoms with E-state index in [1.165, 1.54) is 0 Å². The molecule has 8 heteroatoms. The number of piperazine rings is 1. The summed E-state index contributed by atoms with van der Waals surface area (Å²) in [5.74, 6) is 1.44. The molecule has 0 atom stereocenters. The first-order valence-electron chi connectivity index (χ1n) is 8.38. The highest BCUT2D eigenvalue weighted by Crippen LogP contribution is 2.15. The molecule has 0 unspecified atom stereocenters. The van der Waals surface area contributed by atoms with E-state index >= 15 is 0 Å². The van der Waals surface area contributed by atoms with Crippen LogP contribution in [0.5, 0.6) is 0 Å². The van der Waals surface area contributed by atoms with Crippen molar-refractivity contribution in [2.75, 3.05) is 43.0 Å². The molecular formula is C17H22N6O2. The summed E-state index contributed by atoms with van der Waals surface area (Å²) in [6.07, 6.45) is 5.02. The molecule has 0 aromatic carbocycles. The molecule has 0 saturated carbocycles. The fourth-order valence-corrected chi connectivity index (χ4v) is 2.63. The Morgan fingerprint density at radius 1 is 1.16 bits per heavy atom. The van der Waals surface area contributed by atoms with Gasteiger partial charge in [0.25, 0.3) is 0 Å². The molecule has 2 aromatic heterocycles. The zero-order valence-electron chi connectivity index (χ0n) is 14.3. The van der Waals surface area contributed by atoms with E-state index in [1.807, 2.05) is 25.1 Å². The number of amides is 1. The monoisotopic (exact) mass is 342 g/mol. The predicted molar refractivity (Wildman–Crippen MR) is 94.4 cm³/mol. The molecule has 8 nitrogen and oxygen atoms in total. The summed E-state index contributed by atoms with van der Waals surface area (Å²) in [5.41, 5.74) is 1.12. The van der Waals surface area contributed by atoms with E-state index in [-0.39, 0.29) is 6.09 Å². The van der Waals surface area contributed by atoms with Gasteiger partial charge in [0.1, 0.15) is 5.82 Å². The number of carbonyl (C=O) groups excluding carboxylic acids is 1. The van der Waals surface area contributed by atoms with Gasteiger partial charge in [0, 0.05) is 51.3 Å². The van der Waals surface area contributed by atoms with Gasteiger partial charge in [-0.3, -0.25) is 4.98 Å². The Labute approximate surface area is 146 Å². The lowest BCUT2D eigenvalue weighted by Gasteiger charge is -2.34. The summed E-state index contributed by atoms with van der Waals surface area (Å²) in [5, 5.41) is 3.22. The normalized spacial score (nSPS) is 14.3. The number of nitrogens with zero attached hydrogens (tertiary/aromatic N) is 5. The SMILES string of the molecule is CCOC(=O)N1CCN(c2ccnc(NCc3ccncc3)n2)CC1. The van der Waals surface area contributed by atoms with Crippen LogP contribution in [0, 0.1) is 0 Å². The summed E-state index contributed by atoms with van der Waals surface area (Å²) in [6, 6.07) is 5.79. The third-order valence-corrected chi connectivity index (χ3v) is 3.97. The van der Waals surface area contributed by atoms with Gasteiger partial charge in [0.05, 0.1) is 6.61 Å². The number of carbonyl (C=O) groups is 1. The Bertz CT molecular complexity index is 689. The van der Waals surface area contributed by atoms with Crippen molar-refractivity contribution in [3.63, 3.8) is 0 Å². The third kappa shape index (κ3) is 4.56. The van der Waals surface area contributed by atoms with Crippen LogP contribution in [0.1, 0.15) is 12.5 Å². The average molecular weight is 342 g/mol. The molecule has 0 aliphatic carbocycles. The number of nitrogens with one attached hydrogen (secondary N) is 1. The quantitative estimate of drug-likeness (QED) is 0.886. The Morgan fingerprint density at radius 2 is 1.92 bits per heavy atom. The van der Waals surface area contributed by atoms with Crippen molar-refractivity contribution in [2.24, 2.45) is 0 Å². The van der Waals surface area contributed by atoms with Crippen LogP contribution in [0.15, 0.2) is 36.8 Å². The molecule has 2 aromatic rings. The lowest BCUT2D eigenvalue weighted by Crippen LogP contribution is -2.49. The van der Waals surface area contributed by atoms with E-state index in [4.69, 9.17) is 4.74 Å². The molecule has 1 N–H and O–H groups in total. The molecule has 0 radical (unpaired) electrons. The molecule has 1 saturated heterocycles. The third-order valence-electron chi connectivity index (χ3n) is 3.97. The second-order valence-corrected chi connectivity index (χ2v) is 5.62. The van der Waals surface area contributed by atoms with E-state index in [1.54, 1.807) is 23.5 Å². The molecule has 1 fully saturated rings. The van der Waals surface area contributed by atoms with Crippen LogP contribution in [-0.2, 0) is 11.3 Å². The number of anilines is 2. The van der Waals surface area contributed by atoms with E-state index in [9.17, 15) is 4.79 Å². The first-order chi connectivity index (χ1) is 12.3. The van der Waals surface area contributed by atoms with Gasteiger partial charge in [-0.05, 0) is 30.7 Å². The Kier molecular flexibility index (Phi) is 5.61. The van der Waals surface area contributed by atoms with Gasteiger partial charge < -0.3 is 19.9 Å². The minimum absolute atomic E-state index is 0.246. The summed E-state index contributed by atoms with van der Waals surface area (Å²) in [6.45, 7) is 5.56. The van der Waals surface area contributed by atoms with Crippen molar-refractivity contribution in [1.29, 1.82) is 0 Å². The van der Waals surface area contributed by atoms with Crippen molar-refractivity contribution in [3.05, 3.63) is 42.4 Å². The van der Waals surface area contributed by atoms with Gasteiger partial charge in [-0.1, -0.05) is 0 Å². The molecule has 132 valence electrons. The Morgan fingerprint density at radius 3 is 2.64 bits per heavy atom. The van der Waals surface area contributed by atoms with E-state index in [0.29, 0.717) is 32.2 Å². The fourth-order valence-electron chi connectivity index (χ4n) is 2.63. The van der Waals surface area contributed by atoms with E-state index in [2.05, 4.69) is 25.2 Å². The highest BCUT2D eigenvalue weighted by atomic mass is 16.6. The molecule has 1 amide bonds. The van der Waals surface area contributed by atoms with Crippen molar-refractivity contribution >= 4 is 17.9 Å². The van der Waals surface area contributed by atoms with Crippen LogP contribution in [0.2, 0.25) is 0 Å². The lowest BCUT2D eigenvalue weighted by atomic mass is 10.3. The smallest absolute Gasteiger partial charge is 0.409 e. The molecule has 0 spiro atoms. The topological polar surface area (TPSA) is 83.5 Å². The Balaban J connectivity index is 1.56. The molecule has 0 bridgehead atoms. The summed E-state index contributed by atoms with van der Waals surface area (Å²) >= 11 is 0. The van der Waals surface area contributed by atoms with Crippen LogP contribution >= 0.6 is 0 Å². The number of hydrogen-bond donors (Lipinski definition) is 1. The molecule has 1 aliphatic rings. The molecule has 3 rings (SSSR count). The van der Waals surface area contributed by atoms with Gasteiger partial charge in [-0.25, -0.2) is 9.78 Å². The van der Waals surface area contributed by atoms with Gasteiger partial charge in [-0.15, -0.1) is 0 Å².